The first kappa shape index (κ1) is 13.2. The molecule has 0 radical (unpaired) electrons. The molecule has 7 heteroatoms. The summed E-state index contributed by atoms with van der Waals surface area (Å²) in [6.07, 6.45) is 4.00. The van der Waals surface area contributed by atoms with Crippen molar-refractivity contribution in [2.45, 2.75) is 18.6 Å². The number of hydrogen-bond donors (Lipinski definition) is 1. The van der Waals surface area contributed by atoms with Crippen LogP contribution in [0.1, 0.15) is 13.8 Å². The Morgan fingerprint density at radius 1 is 1.50 bits per heavy atom. The van der Waals surface area contributed by atoms with E-state index in [1.165, 1.54) is 18.8 Å². The average molecular weight is 264 g/mol. The second-order valence-electron chi connectivity index (χ2n) is 4.10. The van der Waals surface area contributed by atoms with Crippen molar-refractivity contribution in [3.63, 3.8) is 0 Å². The standard InChI is InChI=1S/C9H14ClN3O2S/c1-9(2,16(3,14)15)5-12-8-7(10)4-11-6-13-8/h4,6H,5H2,1-3H3,(H,11,12,13). The molecule has 1 rings (SSSR count). The lowest BCUT2D eigenvalue weighted by Crippen LogP contribution is -2.38. The molecule has 0 spiro atoms. The van der Waals surface area contributed by atoms with Gasteiger partial charge in [-0.2, -0.15) is 0 Å². The largest absolute Gasteiger partial charge is 0.367 e. The highest BCUT2D eigenvalue weighted by Gasteiger charge is 2.30. The molecule has 0 aliphatic heterocycles. The number of rotatable bonds is 4. The molecule has 0 amide bonds. The molecule has 0 atom stereocenters. The van der Waals surface area contributed by atoms with Crippen LogP contribution >= 0.6 is 11.6 Å². The molecule has 0 unspecified atom stereocenters. The lowest BCUT2D eigenvalue weighted by molar-refractivity contribution is 0.559. The van der Waals surface area contributed by atoms with Crippen LogP contribution in [0, 0.1) is 0 Å². The molecule has 0 bridgehead atoms. The lowest BCUT2D eigenvalue weighted by atomic mass is 10.2. The molecule has 16 heavy (non-hydrogen) atoms. The molecule has 5 nitrogen and oxygen atoms in total. The van der Waals surface area contributed by atoms with Crippen molar-refractivity contribution in [3.8, 4) is 0 Å². The number of nitrogens with zero attached hydrogens (tertiary/aromatic N) is 2. The van der Waals surface area contributed by atoms with E-state index in [0.29, 0.717) is 10.8 Å². The molecular formula is C9H14ClN3O2S. The summed E-state index contributed by atoms with van der Waals surface area (Å²) in [5.74, 6) is 0.438. The van der Waals surface area contributed by atoms with Gasteiger partial charge in [-0.05, 0) is 13.8 Å². The molecule has 0 saturated heterocycles. The van der Waals surface area contributed by atoms with Crippen molar-refractivity contribution in [2.24, 2.45) is 0 Å². The van der Waals surface area contributed by atoms with E-state index < -0.39 is 14.6 Å². The van der Waals surface area contributed by atoms with Crippen LogP contribution in [0.5, 0.6) is 0 Å². The predicted molar refractivity (Wildman–Crippen MR) is 64.5 cm³/mol. The zero-order valence-electron chi connectivity index (χ0n) is 9.36. The minimum Gasteiger partial charge on any atom is -0.367 e. The lowest BCUT2D eigenvalue weighted by Gasteiger charge is -2.23. The zero-order valence-corrected chi connectivity index (χ0v) is 10.9. The van der Waals surface area contributed by atoms with Crippen LogP contribution < -0.4 is 5.32 Å². The summed E-state index contributed by atoms with van der Waals surface area (Å²) in [5.41, 5.74) is 0. The topological polar surface area (TPSA) is 72.0 Å². The van der Waals surface area contributed by atoms with Gasteiger partial charge < -0.3 is 5.32 Å². The first-order valence-electron chi connectivity index (χ1n) is 4.63. The van der Waals surface area contributed by atoms with Crippen molar-refractivity contribution in [2.75, 3.05) is 18.1 Å². The number of anilines is 1. The summed E-state index contributed by atoms with van der Waals surface area (Å²) in [7, 11) is -3.13. The molecule has 0 aliphatic rings. The number of aromatic nitrogens is 2. The highest BCUT2D eigenvalue weighted by atomic mass is 35.5. The van der Waals surface area contributed by atoms with Crippen LogP contribution in [0.15, 0.2) is 12.5 Å². The Bertz CT molecular complexity index is 473. The molecule has 90 valence electrons. The van der Waals surface area contributed by atoms with Crippen molar-refractivity contribution in [3.05, 3.63) is 17.5 Å². The van der Waals surface area contributed by atoms with Crippen LogP contribution in [0.25, 0.3) is 0 Å². The van der Waals surface area contributed by atoms with Crippen LogP contribution in [0.3, 0.4) is 0 Å². The SMILES string of the molecule is CC(C)(CNc1ncncc1Cl)S(C)(=O)=O. The summed E-state index contributed by atoms with van der Waals surface area (Å²) in [5, 5.41) is 3.26. The summed E-state index contributed by atoms with van der Waals surface area (Å²) in [6, 6.07) is 0. The number of nitrogens with one attached hydrogen (secondary N) is 1. The minimum atomic E-state index is -3.13. The van der Waals surface area contributed by atoms with Gasteiger partial charge in [0.2, 0.25) is 0 Å². The Morgan fingerprint density at radius 3 is 2.62 bits per heavy atom. The Hall–Kier alpha value is -0.880. The van der Waals surface area contributed by atoms with E-state index in [0.717, 1.165) is 0 Å². The average Bonchev–Trinajstić information content (AvgIpc) is 2.15. The van der Waals surface area contributed by atoms with E-state index in [4.69, 9.17) is 11.6 Å². The van der Waals surface area contributed by atoms with E-state index in [1.807, 2.05) is 0 Å². The van der Waals surface area contributed by atoms with Crippen molar-refractivity contribution >= 4 is 27.3 Å². The Balaban J connectivity index is 2.77. The van der Waals surface area contributed by atoms with Crippen molar-refractivity contribution in [1.82, 2.24) is 9.97 Å². The van der Waals surface area contributed by atoms with Crippen molar-refractivity contribution in [1.29, 1.82) is 0 Å². The van der Waals surface area contributed by atoms with E-state index in [-0.39, 0.29) is 6.54 Å². The van der Waals surface area contributed by atoms with Crippen LogP contribution in [0.2, 0.25) is 5.02 Å². The summed E-state index contributed by atoms with van der Waals surface area (Å²) in [4.78, 5) is 7.65. The number of sulfone groups is 1. The van der Waals surface area contributed by atoms with E-state index >= 15 is 0 Å². The van der Waals surface area contributed by atoms with Gasteiger partial charge >= 0.3 is 0 Å². The van der Waals surface area contributed by atoms with Gasteiger partial charge in [0, 0.05) is 12.8 Å². The third-order valence-electron chi connectivity index (χ3n) is 2.35. The van der Waals surface area contributed by atoms with Gasteiger partial charge in [0.05, 0.1) is 10.9 Å². The zero-order chi connectivity index (χ0) is 12.4. The fourth-order valence-corrected chi connectivity index (χ4v) is 1.38. The first-order chi connectivity index (χ1) is 7.24. The Morgan fingerprint density at radius 2 is 2.12 bits per heavy atom. The maximum atomic E-state index is 11.5. The monoisotopic (exact) mass is 263 g/mol. The first-order valence-corrected chi connectivity index (χ1v) is 6.90. The highest BCUT2D eigenvalue weighted by molar-refractivity contribution is 7.92. The van der Waals surface area contributed by atoms with Gasteiger partial charge in [-0.25, -0.2) is 18.4 Å². The predicted octanol–water partition coefficient (Wildman–Crippen LogP) is 1.37. The Labute approximate surface area is 100 Å². The number of halogens is 1. The Kier molecular flexibility index (Phi) is 3.75. The highest BCUT2D eigenvalue weighted by Crippen LogP contribution is 2.20. The smallest absolute Gasteiger partial charge is 0.154 e. The second-order valence-corrected chi connectivity index (χ2v) is 7.16. The molecular weight excluding hydrogens is 250 g/mol. The molecule has 0 aliphatic carbocycles. The van der Waals surface area contributed by atoms with E-state index in [9.17, 15) is 8.42 Å². The molecule has 1 heterocycles. The van der Waals surface area contributed by atoms with E-state index in [1.54, 1.807) is 13.8 Å². The molecule has 0 aromatic carbocycles. The third kappa shape index (κ3) is 3.05. The fraction of sp³-hybridized carbons (Fsp3) is 0.556. The molecule has 1 aromatic rings. The van der Waals surface area contributed by atoms with Crippen molar-refractivity contribution < 1.29 is 8.42 Å². The van der Waals surface area contributed by atoms with Gasteiger partial charge in [0.1, 0.15) is 17.2 Å². The van der Waals surface area contributed by atoms with Crippen LogP contribution in [-0.2, 0) is 9.84 Å². The molecule has 1 N–H and O–H groups in total. The van der Waals surface area contributed by atoms with Crippen LogP contribution in [-0.4, -0.2) is 35.9 Å². The summed E-state index contributed by atoms with van der Waals surface area (Å²) >= 11 is 5.83. The van der Waals surface area contributed by atoms with Gasteiger partial charge in [-0.15, -0.1) is 0 Å². The van der Waals surface area contributed by atoms with Gasteiger partial charge in [0.25, 0.3) is 0 Å². The quantitative estimate of drug-likeness (QED) is 0.888. The molecule has 1 aromatic heterocycles. The second kappa shape index (κ2) is 4.55. The minimum absolute atomic E-state index is 0.239. The molecule has 0 saturated carbocycles. The van der Waals surface area contributed by atoms with Gasteiger partial charge in [-0.3, -0.25) is 0 Å². The van der Waals surface area contributed by atoms with Gasteiger partial charge in [0.15, 0.2) is 9.84 Å². The maximum absolute atomic E-state index is 11.5. The maximum Gasteiger partial charge on any atom is 0.154 e. The number of hydrogen-bond acceptors (Lipinski definition) is 5. The third-order valence-corrected chi connectivity index (χ3v) is 4.78. The fourth-order valence-electron chi connectivity index (χ4n) is 0.870. The van der Waals surface area contributed by atoms with Crippen LogP contribution in [0.4, 0.5) is 5.82 Å². The van der Waals surface area contributed by atoms with E-state index in [2.05, 4.69) is 15.3 Å². The summed E-state index contributed by atoms with van der Waals surface area (Å²) in [6.45, 7) is 3.53. The normalized spacial score (nSPS) is 12.5. The summed E-state index contributed by atoms with van der Waals surface area (Å²) < 4.78 is 22.0. The molecule has 0 fully saturated rings. The van der Waals surface area contributed by atoms with Gasteiger partial charge in [-0.1, -0.05) is 11.6 Å².